The van der Waals surface area contributed by atoms with Gasteiger partial charge in [0, 0.05) is 6.61 Å². The number of hydrogen-bond donors (Lipinski definition) is 0. The molecule has 0 saturated heterocycles. The van der Waals surface area contributed by atoms with Gasteiger partial charge in [-0.05, 0) is 37.0 Å². The van der Waals surface area contributed by atoms with E-state index in [-0.39, 0.29) is 11.3 Å². The molecule has 0 bridgehead atoms. The SMILES string of the molecule is CCCC(C)(C)[Si](C)(C)OCC/C=C(/F)C=O. The van der Waals surface area contributed by atoms with E-state index < -0.39 is 14.1 Å². The van der Waals surface area contributed by atoms with E-state index in [2.05, 4.69) is 33.9 Å². The van der Waals surface area contributed by atoms with Crippen LogP contribution in [0.25, 0.3) is 0 Å². The molecule has 0 heterocycles. The number of hydrogen-bond acceptors (Lipinski definition) is 2. The van der Waals surface area contributed by atoms with Crippen LogP contribution in [0.2, 0.25) is 18.1 Å². The highest BCUT2D eigenvalue weighted by Crippen LogP contribution is 2.41. The first-order valence-corrected chi connectivity index (χ1v) is 9.12. The van der Waals surface area contributed by atoms with Gasteiger partial charge in [-0.2, -0.15) is 0 Å². The second kappa shape index (κ2) is 7.06. The molecule has 0 aromatic heterocycles. The van der Waals surface area contributed by atoms with Crippen molar-refractivity contribution in [2.45, 2.75) is 58.2 Å². The molecule has 0 spiro atoms. The summed E-state index contributed by atoms with van der Waals surface area (Å²) in [6.07, 6.45) is 4.26. The van der Waals surface area contributed by atoms with Gasteiger partial charge in [-0.25, -0.2) is 4.39 Å². The Hall–Kier alpha value is -0.483. The Labute approximate surface area is 105 Å². The lowest BCUT2D eigenvalue weighted by Gasteiger charge is -2.39. The molecule has 0 atom stereocenters. The standard InChI is InChI=1S/C13H25FO2Si/c1-6-9-13(2,3)17(4,5)16-10-7-8-12(14)11-15/h8,11H,6-7,9-10H2,1-5H3/b12-8+. The van der Waals surface area contributed by atoms with Crippen LogP contribution in [0.15, 0.2) is 11.9 Å². The summed E-state index contributed by atoms with van der Waals surface area (Å²) < 4.78 is 18.5. The molecule has 0 aliphatic heterocycles. The molecule has 0 rings (SSSR count). The van der Waals surface area contributed by atoms with Gasteiger partial charge in [0.15, 0.2) is 20.4 Å². The van der Waals surface area contributed by atoms with Crippen LogP contribution >= 0.6 is 0 Å². The van der Waals surface area contributed by atoms with E-state index in [0.29, 0.717) is 13.0 Å². The van der Waals surface area contributed by atoms with Crippen molar-refractivity contribution in [2.75, 3.05) is 6.61 Å². The van der Waals surface area contributed by atoms with Crippen molar-refractivity contribution in [1.82, 2.24) is 0 Å². The second-order valence-corrected chi connectivity index (χ2v) is 10.2. The van der Waals surface area contributed by atoms with E-state index in [4.69, 9.17) is 4.43 Å². The summed E-state index contributed by atoms with van der Waals surface area (Å²) in [5, 5.41) is 0.217. The zero-order chi connectivity index (χ0) is 13.5. The third-order valence-corrected chi connectivity index (χ3v) is 7.97. The Morgan fingerprint density at radius 2 is 2.00 bits per heavy atom. The number of carbonyl (C=O) groups excluding carboxylic acids is 1. The lowest BCUT2D eigenvalue weighted by molar-refractivity contribution is -0.106. The van der Waals surface area contributed by atoms with Crippen LogP contribution in [-0.4, -0.2) is 21.2 Å². The van der Waals surface area contributed by atoms with E-state index in [1.807, 2.05) is 0 Å². The van der Waals surface area contributed by atoms with Gasteiger partial charge >= 0.3 is 0 Å². The van der Waals surface area contributed by atoms with Crippen LogP contribution in [0.5, 0.6) is 0 Å². The Kier molecular flexibility index (Phi) is 6.86. The summed E-state index contributed by atoms with van der Waals surface area (Å²) >= 11 is 0. The Morgan fingerprint density at radius 1 is 1.41 bits per heavy atom. The lowest BCUT2D eigenvalue weighted by Crippen LogP contribution is -2.42. The van der Waals surface area contributed by atoms with Crippen LogP contribution in [0.4, 0.5) is 4.39 Å². The molecule has 17 heavy (non-hydrogen) atoms. The summed E-state index contributed by atoms with van der Waals surface area (Å²) in [5.41, 5.74) is 0. The Bertz CT molecular complexity index is 273. The van der Waals surface area contributed by atoms with E-state index in [1.165, 1.54) is 6.08 Å². The minimum Gasteiger partial charge on any atom is -0.417 e. The number of rotatable bonds is 8. The summed E-state index contributed by atoms with van der Waals surface area (Å²) in [7, 11) is -1.77. The molecule has 4 heteroatoms. The molecular weight excluding hydrogens is 235 g/mol. The maximum absolute atomic E-state index is 12.6. The van der Waals surface area contributed by atoms with Gasteiger partial charge in [0.2, 0.25) is 0 Å². The van der Waals surface area contributed by atoms with Gasteiger partial charge < -0.3 is 4.43 Å². The van der Waals surface area contributed by atoms with E-state index in [0.717, 1.165) is 12.8 Å². The first-order chi connectivity index (χ1) is 7.77. The molecule has 0 fully saturated rings. The highest BCUT2D eigenvalue weighted by molar-refractivity contribution is 6.74. The number of allylic oxidation sites excluding steroid dienone is 1. The van der Waals surface area contributed by atoms with Crippen molar-refractivity contribution in [2.24, 2.45) is 0 Å². The molecule has 0 unspecified atom stereocenters. The fourth-order valence-electron chi connectivity index (χ4n) is 1.68. The van der Waals surface area contributed by atoms with Gasteiger partial charge in [-0.1, -0.05) is 27.2 Å². The third-order valence-electron chi connectivity index (χ3n) is 3.54. The summed E-state index contributed by atoms with van der Waals surface area (Å²) in [6, 6.07) is 0. The highest BCUT2D eigenvalue weighted by atomic mass is 28.4. The number of halogens is 1. The molecule has 0 saturated carbocycles. The van der Waals surface area contributed by atoms with Crippen molar-refractivity contribution in [3.63, 3.8) is 0 Å². The topological polar surface area (TPSA) is 26.3 Å². The predicted octanol–water partition coefficient (Wildman–Crippen LogP) is 4.23. The molecule has 0 aromatic rings. The van der Waals surface area contributed by atoms with Crippen molar-refractivity contribution in [3.05, 3.63) is 11.9 Å². The largest absolute Gasteiger partial charge is 0.417 e. The zero-order valence-corrected chi connectivity index (χ0v) is 12.7. The van der Waals surface area contributed by atoms with E-state index in [1.54, 1.807) is 0 Å². The van der Waals surface area contributed by atoms with Crippen LogP contribution in [-0.2, 0) is 9.22 Å². The first-order valence-electron chi connectivity index (χ1n) is 6.21. The molecular formula is C13H25FO2Si. The quantitative estimate of drug-likeness (QED) is 0.282. The Balaban J connectivity index is 4.22. The van der Waals surface area contributed by atoms with Crippen molar-refractivity contribution < 1.29 is 13.6 Å². The van der Waals surface area contributed by atoms with Crippen LogP contribution < -0.4 is 0 Å². The van der Waals surface area contributed by atoms with Gasteiger partial charge in [0.05, 0.1) is 0 Å². The highest BCUT2D eigenvalue weighted by Gasteiger charge is 2.39. The molecule has 0 amide bonds. The van der Waals surface area contributed by atoms with Gasteiger partial charge in [0.1, 0.15) is 0 Å². The predicted molar refractivity (Wildman–Crippen MR) is 72.3 cm³/mol. The monoisotopic (exact) mass is 260 g/mol. The fraction of sp³-hybridized carbons (Fsp3) is 0.769. The molecule has 100 valence electrons. The van der Waals surface area contributed by atoms with Crippen LogP contribution in [0.1, 0.15) is 40.0 Å². The van der Waals surface area contributed by atoms with Gasteiger partial charge in [-0.3, -0.25) is 4.79 Å². The maximum Gasteiger partial charge on any atom is 0.192 e. The average Bonchev–Trinajstić information content (AvgIpc) is 2.23. The number of aldehydes is 1. The second-order valence-electron chi connectivity index (χ2n) is 5.49. The Morgan fingerprint density at radius 3 is 2.47 bits per heavy atom. The molecule has 0 radical (unpaired) electrons. The van der Waals surface area contributed by atoms with E-state index >= 15 is 0 Å². The summed E-state index contributed by atoms with van der Waals surface area (Å²) in [5.74, 6) is -0.708. The van der Waals surface area contributed by atoms with Crippen LogP contribution in [0, 0.1) is 0 Å². The van der Waals surface area contributed by atoms with Gasteiger partial charge in [-0.15, -0.1) is 0 Å². The molecule has 0 aliphatic carbocycles. The summed E-state index contributed by atoms with van der Waals surface area (Å²) in [4.78, 5) is 10.1. The first kappa shape index (κ1) is 16.5. The fourth-order valence-corrected chi connectivity index (χ4v) is 3.55. The zero-order valence-electron chi connectivity index (χ0n) is 11.7. The van der Waals surface area contributed by atoms with Gasteiger partial charge in [0.25, 0.3) is 0 Å². The number of carbonyl (C=O) groups is 1. The summed E-state index contributed by atoms with van der Waals surface area (Å²) in [6.45, 7) is 11.5. The van der Waals surface area contributed by atoms with E-state index in [9.17, 15) is 9.18 Å². The molecule has 0 aliphatic rings. The smallest absolute Gasteiger partial charge is 0.192 e. The minimum absolute atomic E-state index is 0.217. The van der Waals surface area contributed by atoms with Crippen molar-refractivity contribution in [1.29, 1.82) is 0 Å². The van der Waals surface area contributed by atoms with Crippen LogP contribution in [0.3, 0.4) is 0 Å². The average molecular weight is 260 g/mol. The third kappa shape index (κ3) is 5.59. The minimum atomic E-state index is -1.77. The maximum atomic E-state index is 12.6. The molecule has 2 nitrogen and oxygen atoms in total. The molecule has 0 aromatic carbocycles. The normalized spacial score (nSPS) is 13.9. The van der Waals surface area contributed by atoms with Crippen molar-refractivity contribution >= 4 is 14.6 Å². The molecule has 0 N–H and O–H groups in total. The lowest BCUT2D eigenvalue weighted by atomic mass is 10.1. The van der Waals surface area contributed by atoms with Crippen molar-refractivity contribution in [3.8, 4) is 0 Å².